The van der Waals surface area contributed by atoms with Crippen LogP contribution in [0, 0.1) is 12.7 Å². The summed E-state index contributed by atoms with van der Waals surface area (Å²) in [7, 11) is -3.98. The van der Waals surface area contributed by atoms with Crippen LogP contribution in [0.5, 0.6) is 5.75 Å². The number of anilines is 1. The monoisotopic (exact) mass is 586 g/mol. The molecule has 0 saturated carbocycles. The minimum atomic E-state index is -3.98. The number of hydrogen-bond acceptors (Lipinski definition) is 5. The second-order valence-electron chi connectivity index (χ2n) is 10.3. The number of sulfonamides is 1. The second kappa shape index (κ2) is 11.6. The lowest BCUT2D eigenvalue weighted by molar-refractivity contribution is -0.136. The molecule has 40 heavy (non-hydrogen) atoms. The van der Waals surface area contributed by atoms with Gasteiger partial charge in [0.25, 0.3) is 15.9 Å². The minimum absolute atomic E-state index is 0.00690. The number of fused-ring (bicyclic) bond motifs is 1. The molecule has 1 amide bonds. The Morgan fingerprint density at radius 1 is 1.20 bits per heavy atom. The van der Waals surface area contributed by atoms with Gasteiger partial charge in [-0.05, 0) is 80.8 Å². The lowest BCUT2D eigenvalue weighted by Gasteiger charge is -2.36. The molecular formula is C30H32ClFN2O5S. The third-order valence-electron chi connectivity index (χ3n) is 6.54. The molecule has 0 fully saturated rings. The summed E-state index contributed by atoms with van der Waals surface area (Å²) in [5.74, 6) is -0.625. The number of benzene rings is 3. The summed E-state index contributed by atoms with van der Waals surface area (Å²) >= 11 is 6.24. The zero-order chi connectivity index (χ0) is 29.2. The van der Waals surface area contributed by atoms with Gasteiger partial charge in [-0.15, -0.1) is 0 Å². The van der Waals surface area contributed by atoms with Gasteiger partial charge in [0.15, 0.2) is 0 Å². The zero-order valence-electron chi connectivity index (χ0n) is 22.7. The largest absolute Gasteiger partial charge is 0.486 e. The molecule has 212 valence electrons. The van der Waals surface area contributed by atoms with E-state index in [1.54, 1.807) is 55.5 Å². The molecule has 1 atom stereocenters. The van der Waals surface area contributed by atoms with Crippen molar-refractivity contribution in [1.82, 2.24) is 5.32 Å². The van der Waals surface area contributed by atoms with Crippen molar-refractivity contribution in [1.29, 1.82) is 0 Å². The summed E-state index contributed by atoms with van der Waals surface area (Å²) in [6.07, 6.45) is 1.49. The summed E-state index contributed by atoms with van der Waals surface area (Å²) in [6, 6.07) is 16.3. The Bertz CT molecular complexity index is 1550. The number of nitrogens with zero attached hydrogens (tertiary/aromatic N) is 1. The Kier molecular flexibility index (Phi) is 8.58. The quantitative estimate of drug-likeness (QED) is 0.336. The maximum Gasteiger partial charge on any atom is 0.264 e. The van der Waals surface area contributed by atoms with Crippen molar-refractivity contribution in [2.24, 2.45) is 0 Å². The van der Waals surface area contributed by atoms with Crippen LogP contribution in [0.1, 0.15) is 43.9 Å². The maximum absolute atomic E-state index is 14.5. The zero-order valence-corrected chi connectivity index (χ0v) is 24.3. The molecule has 10 heteroatoms. The van der Waals surface area contributed by atoms with Gasteiger partial charge in [-0.3, -0.25) is 9.10 Å². The summed E-state index contributed by atoms with van der Waals surface area (Å²) < 4.78 is 49.7. The van der Waals surface area contributed by atoms with Crippen molar-refractivity contribution in [2.75, 3.05) is 17.4 Å². The third-order valence-corrected chi connectivity index (χ3v) is 8.63. The summed E-state index contributed by atoms with van der Waals surface area (Å²) in [5.41, 5.74) is 1.10. The Hall–Kier alpha value is -3.40. The van der Waals surface area contributed by atoms with Gasteiger partial charge in [-0.2, -0.15) is 0 Å². The molecule has 0 aromatic heterocycles. The molecule has 0 spiro atoms. The number of rotatable bonds is 8. The molecule has 1 heterocycles. The van der Waals surface area contributed by atoms with Crippen LogP contribution in [0.25, 0.3) is 11.6 Å². The Labute approximate surface area is 239 Å². The molecule has 0 aliphatic carbocycles. The maximum atomic E-state index is 14.5. The highest BCUT2D eigenvalue weighted by molar-refractivity contribution is 7.92. The minimum Gasteiger partial charge on any atom is -0.486 e. The highest BCUT2D eigenvalue weighted by Gasteiger charge is 2.35. The highest BCUT2D eigenvalue weighted by atomic mass is 35.5. The smallest absolute Gasteiger partial charge is 0.264 e. The number of carbonyl (C=O) groups excluding carboxylic acids is 1. The van der Waals surface area contributed by atoms with Gasteiger partial charge in [-0.25, -0.2) is 12.8 Å². The van der Waals surface area contributed by atoms with Crippen LogP contribution in [0.3, 0.4) is 0 Å². The molecule has 0 saturated heterocycles. The fraction of sp³-hybridized carbons (Fsp3) is 0.300. The Morgan fingerprint density at radius 2 is 1.93 bits per heavy atom. The van der Waals surface area contributed by atoms with E-state index < -0.39 is 33.5 Å². The summed E-state index contributed by atoms with van der Waals surface area (Å²) in [6.45, 7) is 6.52. The normalized spacial score (nSPS) is 15.8. The number of aryl methyl sites for hydroxylation is 1. The van der Waals surface area contributed by atoms with Crippen molar-refractivity contribution >= 4 is 44.9 Å². The SMILES string of the molecule is C/C(=C\c1ccc2c(c1)N(S(=O)(=O)c1cccc(C)c1)C[C@H](CCNC(=O)C(C)(C)O)O2)c1c(F)cccc1Cl. The molecule has 3 aromatic carbocycles. The number of hydrogen-bond donors (Lipinski definition) is 2. The first kappa shape index (κ1) is 29.6. The highest BCUT2D eigenvalue weighted by Crippen LogP contribution is 2.39. The predicted molar refractivity (Wildman–Crippen MR) is 155 cm³/mol. The topological polar surface area (TPSA) is 95.9 Å². The number of nitrogens with one attached hydrogen (secondary N) is 1. The molecule has 1 aliphatic rings. The van der Waals surface area contributed by atoms with Crippen molar-refractivity contribution in [3.05, 3.63) is 88.2 Å². The van der Waals surface area contributed by atoms with E-state index in [0.29, 0.717) is 29.0 Å². The standard InChI is InChI=1S/C30H32ClFN2O5S/c1-19-7-5-8-23(15-19)40(37,38)34-18-22(13-14-33-29(35)30(3,4)36)39-27-12-11-21(17-26(27)34)16-20(2)28-24(31)9-6-10-25(28)32/h5-12,15-17,22,36H,13-14,18H2,1-4H3,(H,33,35)/b20-16+/t22-/m0/s1. The van der Waals surface area contributed by atoms with E-state index in [0.717, 1.165) is 5.56 Å². The van der Waals surface area contributed by atoms with Crippen LogP contribution in [0.2, 0.25) is 5.02 Å². The van der Waals surface area contributed by atoms with Crippen LogP contribution >= 0.6 is 11.6 Å². The molecule has 0 unspecified atom stereocenters. The van der Waals surface area contributed by atoms with E-state index in [9.17, 15) is 22.7 Å². The van der Waals surface area contributed by atoms with E-state index in [4.69, 9.17) is 16.3 Å². The summed E-state index contributed by atoms with van der Waals surface area (Å²) in [4.78, 5) is 12.2. The van der Waals surface area contributed by atoms with E-state index in [2.05, 4.69) is 5.32 Å². The number of aliphatic hydroxyl groups is 1. The predicted octanol–water partition coefficient (Wildman–Crippen LogP) is 5.58. The van der Waals surface area contributed by atoms with Crippen LogP contribution in [0.15, 0.2) is 65.6 Å². The van der Waals surface area contributed by atoms with E-state index in [1.807, 2.05) is 13.0 Å². The number of halogens is 2. The van der Waals surface area contributed by atoms with Gasteiger partial charge in [0.2, 0.25) is 0 Å². The summed E-state index contributed by atoms with van der Waals surface area (Å²) in [5, 5.41) is 12.8. The van der Waals surface area contributed by atoms with Crippen LogP contribution in [0.4, 0.5) is 10.1 Å². The molecule has 2 N–H and O–H groups in total. The van der Waals surface area contributed by atoms with E-state index >= 15 is 0 Å². The van der Waals surface area contributed by atoms with Crippen molar-refractivity contribution < 1.29 is 27.4 Å². The van der Waals surface area contributed by atoms with Gasteiger partial charge in [0, 0.05) is 18.5 Å². The van der Waals surface area contributed by atoms with Crippen LogP contribution in [-0.2, 0) is 14.8 Å². The average molecular weight is 587 g/mol. The molecule has 1 aliphatic heterocycles. The molecule has 0 bridgehead atoms. The first-order valence-corrected chi connectivity index (χ1v) is 14.6. The molecular weight excluding hydrogens is 555 g/mol. The molecule has 0 radical (unpaired) electrons. The van der Waals surface area contributed by atoms with E-state index in [-0.39, 0.29) is 28.6 Å². The van der Waals surface area contributed by atoms with Gasteiger partial charge >= 0.3 is 0 Å². The van der Waals surface area contributed by atoms with Gasteiger partial charge in [0.05, 0.1) is 22.2 Å². The fourth-order valence-corrected chi connectivity index (χ4v) is 6.38. The number of carbonyl (C=O) groups is 1. The molecule has 7 nitrogen and oxygen atoms in total. The molecule has 4 rings (SSSR count). The third kappa shape index (κ3) is 6.49. The Balaban J connectivity index is 1.70. The lowest BCUT2D eigenvalue weighted by atomic mass is 10.0. The average Bonchev–Trinajstić information content (AvgIpc) is 2.87. The van der Waals surface area contributed by atoms with Crippen LogP contribution in [-0.4, -0.2) is 44.2 Å². The van der Waals surface area contributed by atoms with E-state index in [1.165, 1.54) is 30.3 Å². The van der Waals surface area contributed by atoms with Crippen molar-refractivity contribution in [3.8, 4) is 5.75 Å². The van der Waals surface area contributed by atoms with Crippen molar-refractivity contribution in [2.45, 2.75) is 50.7 Å². The van der Waals surface area contributed by atoms with Crippen LogP contribution < -0.4 is 14.4 Å². The van der Waals surface area contributed by atoms with Gasteiger partial charge in [-0.1, -0.05) is 41.9 Å². The number of ether oxygens (including phenoxy) is 1. The van der Waals surface area contributed by atoms with Gasteiger partial charge in [0.1, 0.15) is 23.3 Å². The van der Waals surface area contributed by atoms with Crippen molar-refractivity contribution in [3.63, 3.8) is 0 Å². The molecule has 3 aromatic rings. The number of amides is 1. The Morgan fingerprint density at radius 3 is 2.60 bits per heavy atom. The fourth-order valence-electron chi connectivity index (χ4n) is 4.46. The lowest BCUT2D eigenvalue weighted by Crippen LogP contribution is -2.46. The van der Waals surface area contributed by atoms with Gasteiger partial charge < -0.3 is 15.2 Å². The first-order chi connectivity index (χ1) is 18.8. The second-order valence-corrected chi connectivity index (χ2v) is 12.6. The number of allylic oxidation sites excluding steroid dienone is 1. The first-order valence-electron chi connectivity index (χ1n) is 12.8.